The van der Waals surface area contributed by atoms with E-state index in [2.05, 4.69) is 15.8 Å². The summed E-state index contributed by atoms with van der Waals surface area (Å²) < 4.78 is 5.19. The minimum atomic E-state index is -0.379. The molecule has 2 atom stereocenters. The molecular formula is C15H19N3O3. The molecule has 0 saturated heterocycles. The van der Waals surface area contributed by atoms with Gasteiger partial charge in [0.2, 0.25) is 0 Å². The second-order valence-corrected chi connectivity index (χ2v) is 4.99. The Morgan fingerprint density at radius 3 is 2.71 bits per heavy atom. The Bertz CT molecular complexity index is 583. The molecule has 0 aliphatic rings. The first kappa shape index (κ1) is 15.1. The Balaban J connectivity index is 1.95. The summed E-state index contributed by atoms with van der Waals surface area (Å²) in [7, 11) is 0. The van der Waals surface area contributed by atoms with Crippen molar-refractivity contribution in [3.05, 3.63) is 36.4 Å². The predicted molar refractivity (Wildman–Crippen MR) is 79.8 cm³/mol. The lowest BCUT2D eigenvalue weighted by molar-refractivity contribution is 0.204. The van der Waals surface area contributed by atoms with E-state index >= 15 is 0 Å². The van der Waals surface area contributed by atoms with Gasteiger partial charge in [-0.15, -0.1) is 0 Å². The molecule has 21 heavy (non-hydrogen) atoms. The van der Waals surface area contributed by atoms with E-state index in [1.165, 1.54) is 0 Å². The Morgan fingerprint density at radius 1 is 1.33 bits per heavy atom. The third-order valence-corrected chi connectivity index (χ3v) is 3.31. The van der Waals surface area contributed by atoms with Crippen LogP contribution in [-0.2, 0) is 0 Å². The van der Waals surface area contributed by atoms with Gasteiger partial charge in [0.1, 0.15) is 0 Å². The number of anilines is 1. The van der Waals surface area contributed by atoms with Crippen LogP contribution in [0.4, 0.5) is 10.6 Å². The summed E-state index contributed by atoms with van der Waals surface area (Å²) in [5.41, 5.74) is 0.890. The molecule has 0 spiro atoms. The Kier molecular flexibility index (Phi) is 4.94. The monoisotopic (exact) mass is 289 g/mol. The molecule has 1 aromatic carbocycles. The summed E-state index contributed by atoms with van der Waals surface area (Å²) in [6.45, 7) is 3.71. The van der Waals surface area contributed by atoms with Crippen molar-refractivity contribution in [2.75, 3.05) is 11.9 Å². The highest BCUT2D eigenvalue weighted by atomic mass is 16.5. The molecule has 6 heteroatoms. The van der Waals surface area contributed by atoms with Gasteiger partial charge in [-0.05, 0) is 12.8 Å². The predicted octanol–water partition coefficient (Wildman–Crippen LogP) is 2.48. The number of benzene rings is 1. The number of hydrogen-bond donors (Lipinski definition) is 3. The number of carbonyl (C=O) groups is 1. The van der Waals surface area contributed by atoms with Crippen LogP contribution in [0.2, 0.25) is 0 Å². The van der Waals surface area contributed by atoms with Crippen molar-refractivity contribution in [1.82, 2.24) is 10.5 Å². The fraction of sp³-hybridized carbons (Fsp3) is 0.333. The number of aliphatic hydroxyl groups is 1. The molecule has 2 aromatic rings. The minimum Gasteiger partial charge on any atom is -0.396 e. The largest absolute Gasteiger partial charge is 0.396 e. The van der Waals surface area contributed by atoms with Crippen LogP contribution in [-0.4, -0.2) is 28.9 Å². The van der Waals surface area contributed by atoms with Gasteiger partial charge in [0.25, 0.3) is 0 Å². The van der Waals surface area contributed by atoms with Crippen LogP contribution < -0.4 is 10.6 Å². The number of aliphatic hydroxyl groups excluding tert-OH is 1. The lowest BCUT2D eigenvalue weighted by Crippen LogP contribution is -2.40. The summed E-state index contributed by atoms with van der Waals surface area (Å²) in [5.74, 6) is 0.908. The number of amides is 2. The number of rotatable bonds is 5. The highest BCUT2D eigenvalue weighted by molar-refractivity contribution is 5.88. The van der Waals surface area contributed by atoms with E-state index in [-0.39, 0.29) is 24.6 Å². The maximum atomic E-state index is 11.8. The molecule has 112 valence electrons. The van der Waals surface area contributed by atoms with Gasteiger partial charge in [-0.2, -0.15) is 0 Å². The van der Waals surface area contributed by atoms with E-state index in [4.69, 9.17) is 9.63 Å². The van der Waals surface area contributed by atoms with E-state index in [1.54, 1.807) is 6.07 Å². The topological polar surface area (TPSA) is 87.4 Å². The van der Waals surface area contributed by atoms with Gasteiger partial charge in [0, 0.05) is 24.3 Å². The van der Waals surface area contributed by atoms with Crippen molar-refractivity contribution >= 4 is 11.8 Å². The van der Waals surface area contributed by atoms with Gasteiger partial charge >= 0.3 is 6.03 Å². The summed E-state index contributed by atoms with van der Waals surface area (Å²) in [6, 6.07) is 10.6. The van der Waals surface area contributed by atoms with Gasteiger partial charge < -0.3 is 14.9 Å². The van der Waals surface area contributed by atoms with Gasteiger partial charge in [-0.1, -0.05) is 42.4 Å². The van der Waals surface area contributed by atoms with Crippen molar-refractivity contribution in [2.24, 2.45) is 5.92 Å². The summed E-state index contributed by atoms with van der Waals surface area (Å²) in [4.78, 5) is 11.8. The second kappa shape index (κ2) is 6.90. The zero-order valence-electron chi connectivity index (χ0n) is 12.0. The van der Waals surface area contributed by atoms with Crippen molar-refractivity contribution in [3.8, 4) is 11.3 Å². The highest BCUT2D eigenvalue weighted by Gasteiger charge is 2.15. The van der Waals surface area contributed by atoms with Crippen LogP contribution in [0.1, 0.15) is 13.8 Å². The van der Waals surface area contributed by atoms with Crippen LogP contribution in [0.15, 0.2) is 40.9 Å². The second-order valence-electron chi connectivity index (χ2n) is 4.99. The molecule has 3 N–H and O–H groups in total. The average Bonchev–Trinajstić information content (AvgIpc) is 2.95. The third-order valence-electron chi connectivity index (χ3n) is 3.31. The third kappa shape index (κ3) is 4.06. The molecule has 0 aliphatic carbocycles. The fourth-order valence-corrected chi connectivity index (χ4v) is 1.73. The zero-order chi connectivity index (χ0) is 15.2. The number of aromatic nitrogens is 1. The van der Waals surface area contributed by atoms with E-state index < -0.39 is 0 Å². The van der Waals surface area contributed by atoms with E-state index in [1.807, 2.05) is 44.2 Å². The van der Waals surface area contributed by atoms with Gasteiger partial charge in [0.05, 0.1) is 0 Å². The summed E-state index contributed by atoms with van der Waals surface area (Å²) in [5, 5.41) is 18.2. The Labute approximate surface area is 123 Å². The van der Waals surface area contributed by atoms with Gasteiger partial charge in [-0.25, -0.2) is 4.79 Å². The number of nitrogens with one attached hydrogen (secondary N) is 2. The first-order valence-corrected chi connectivity index (χ1v) is 6.80. The first-order chi connectivity index (χ1) is 10.1. The molecule has 1 heterocycles. The SMILES string of the molecule is CC(CO)C(C)NC(=O)Nc1cc(-c2ccccc2)on1. The summed E-state index contributed by atoms with van der Waals surface area (Å²) in [6.07, 6.45) is 0. The molecule has 0 bridgehead atoms. The maximum Gasteiger partial charge on any atom is 0.320 e. The first-order valence-electron chi connectivity index (χ1n) is 6.80. The van der Waals surface area contributed by atoms with E-state index in [0.29, 0.717) is 11.6 Å². The molecule has 0 saturated carbocycles. The standard InChI is InChI=1S/C15H19N3O3/c1-10(9-19)11(2)16-15(20)17-14-8-13(21-18-14)12-6-4-3-5-7-12/h3-8,10-11,19H,9H2,1-2H3,(H2,16,17,18,20). The van der Waals surface area contributed by atoms with Crippen LogP contribution in [0, 0.1) is 5.92 Å². The molecule has 2 rings (SSSR count). The van der Waals surface area contributed by atoms with E-state index in [0.717, 1.165) is 5.56 Å². The van der Waals surface area contributed by atoms with Crippen molar-refractivity contribution in [2.45, 2.75) is 19.9 Å². The molecule has 0 fully saturated rings. The van der Waals surface area contributed by atoms with Crippen LogP contribution in [0.5, 0.6) is 0 Å². The normalized spacial score (nSPS) is 13.5. The van der Waals surface area contributed by atoms with Crippen LogP contribution >= 0.6 is 0 Å². The molecule has 1 aromatic heterocycles. The number of nitrogens with zero attached hydrogens (tertiary/aromatic N) is 1. The number of urea groups is 1. The van der Waals surface area contributed by atoms with Gasteiger partial charge in [-0.3, -0.25) is 5.32 Å². The van der Waals surface area contributed by atoms with Crippen LogP contribution in [0.3, 0.4) is 0 Å². The fourth-order valence-electron chi connectivity index (χ4n) is 1.73. The Morgan fingerprint density at radius 2 is 2.05 bits per heavy atom. The minimum absolute atomic E-state index is 0.0174. The maximum absolute atomic E-state index is 11.8. The van der Waals surface area contributed by atoms with E-state index in [9.17, 15) is 4.79 Å². The van der Waals surface area contributed by atoms with Crippen LogP contribution in [0.25, 0.3) is 11.3 Å². The zero-order valence-corrected chi connectivity index (χ0v) is 12.0. The molecule has 2 unspecified atom stereocenters. The lowest BCUT2D eigenvalue weighted by atomic mass is 10.1. The molecule has 6 nitrogen and oxygen atoms in total. The average molecular weight is 289 g/mol. The number of carbonyl (C=O) groups excluding carboxylic acids is 1. The lowest BCUT2D eigenvalue weighted by Gasteiger charge is -2.18. The summed E-state index contributed by atoms with van der Waals surface area (Å²) >= 11 is 0. The molecule has 0 radical (unpaired) electrons. The quantitative estimate of drug-likeness (QED) is 0.789. The van der Waals surface area contributed by atoms with Crippen molar-refractivity contribution < 1.29 is 14.4 Å². The Hall–Kier alpha value is -2.34. The molecular weight excluding hydrogens is 270 g/mol. The highest BCUT2D eigenvalue weighted by Crippen LogP contribution is 2.21. The van der Waals surface area contributed by atoms with Crippen molar-refractivity contribution in [1.29, 1.82) is 0 Å². The smallest absolute Gasteiger partial charge is 0.320 e. The van der Waals surface area contributed by atoms with Gasteiger partial charge in [0.15, 0.2) is 11.6 Å². The van der Waals surface area contributed by atoms with Crippen molar-refractivity contribution in [3.63, 3.8) is 0 Å². The number of hydrogen-bond acceptors (Lipinski definition) is 4. The molecule has 0 aliphatic heterocycles. The molecule has 2 amide bonds.